The number of methoxy groups -OCH3 is 1. The number of nitrogens with zero attached hydrogens (tertiary/aromatic N) is 5. The van der Waals surface area contributed by atoms with Crippen molar-refractivity contribution in [3.8, 4) is 17.0 Å². The van der Waals surface area contributed by atoms with E-state index >= 15 is 4.39 Å². The molecule has 1 aromatic carbocycles. The van der Waals surface area contributed by atoms with Crippen LogP contribution in [-0.2, 0) is 20.8 Å². The SMILES string of the molecule is COC(=O)N1CC[C@@H](c2nc3c(F)cc(-c4nc(NC5C[C@H]6CO[C@H](O6)[C@H]5O)ncc4Cl)c4c3n2CCO4)C1. The van der Waals surface area contributed by atoms with Crippen molar-refractivity contribution in [2.24, 2.45) is 0 Å². The average Bonchev–Trinajstić information content (AvgIpc) is 3.68. The van der Waals surface area contributed by atoms with Crippen molar-refractivity contribution in [1.82, 2.24) is 24.4 Å². The van der Waals surface area contributed by atoms with E-state index < -0.39 is 18.2 Å². The van der Waals surface area contributed by atoms with Gasteiger partial charge in [-0.3, -0.25) is 0 Å². The van der Waals surface area contributed by atoms with Gasteiger partial charge in [-0.2, -0.15) is 0 Å². The lowest BCUT2D eigenvalue weighted by Gasteiger charge is -2.32. The number of carbonyl (C=O) groups excluding carboxylic acids is 1. The van der Waals surface area contributed by atoms with Crippen LogP contribution >= 0.6 is 11.6 Å². The summed E-state index contributed by atoms with van der Waals surface area (Å²) in [5.74, 6) is 0.775. The zero-order valence-electron chi connectivity index (χ0n) is 21.0. The second kappa shape index (κ2) is 9.44. The Morgan fingerprint density at radius 2 is 2.21 bits per heavy atom. The van der Waals surface area contributed by atoms with E-state index in [1.165, 1.54) is 19.4 Å². The van der Waals surface area contributed by atoms with Crippen LogP contribution in [0.5, 0.6) is 5.75 Å². The minimum absolute atomic E-state index is 0.0612. The molecule has 1 unspecified atom stereocenters. The standard InChI is InChI=1S/C25H26ClFN6O6/c1-36-25(35)32-3-2-11(9-32)22-30-18-15(27)7-13(21-19(18)33(22)4-5-37-21)17-14(26)8-28-24(31-17)29-16-6-12-10-38-23(39-12)20(16)34/h7-8,11-12,16,20,23,34H,2-6,9-10H2,1H3,(H,28,29,31)/t11-,12+,16?,20+,23-/m1/s1. The van der Waals surface area contributed by atoms with Gasteiger partial charge >= 0.3 is 6.09 Å². The fraction of sp³-hybridized carbons (Fsp3) is 0.520. The van der Waals surface area contributed by atoms with Gasteiger partial charge in [0.05, 0.1) is 49.3 Å². The van der Waals surface area contributed by atoms with Crippen molar-refractivity contribution in [3.63, 3.8) is 0 Å². The first kappa shape index (κ1) is 24.8. The lowest BCUT2D eigenvalue weighted by molar-refractivity contribution is -0.156. The van der Waals surface area contributed by atoms with E-state index in [0.29, 0.717) is 74.0 Å². The van der Waals surface area contributed by atoms with E-state index in [1.54, 1.807) is 4.90 Å². The minimum atomic E-state index is -0.900. The molecule has 2 N–H and O–H groups in total. The largest absolute Gasteiger partial charge is 0.489 e. The number of nitrogens with one attached hydrogen (secondary N) is 1. The number of ether oxygens (including phenoxy) is 4. The zero-order chi connectivity index (χ0) is 26.8. The summed E-state index contributed by atoms with van der Waals surface area (Å²) in [6.07, 6.45) is 0.542. The van der Waals surface area contributed by atoms with Crippen LogP contribution in [0.1, 0.15) is 24.6 Å². The highest BCUT2D eigenvalue weighted by Crippen LogP contribution is 2.44. The number of rotatable bonds is 4. The molecule has 3 fully saturated rings. The molecule has 0 aliphatic carbocycles. The van der Waals surface area contributed by atoms with Crippen LogP contribution in [0, 0.1) is 5.82 Å². The molecule has 4 aliphatic rings. The highest BCUT2D eigenvalue weighted by molar-refractivity contribution is 6.33. The number of anilines is 1. The summed E-state index contributed by atoms with van der Waals surface area (Å²) in [6.45, 7) is 2.25. The van der Waals surface area contributed by atoms with E-state index in [2.05, 4.69) is 20.3 Å². The molecule has 3 saturated heterocycles. The average molecular weight is 561 g/mol. The summed E-state index contributed by atoms with van der Waals surface area (Å²) in [6, 6.07) is 0.938. The number of amides is 1. The Hall–Kier alpha value is -3.26. The number of hydrogen-bond donors (Lipinski definition) is 2. The van der Waals surface area contributed by atoms with Crippen LogP contribution in [0.2, 0.25) is 5.02 Å². The number of aliphatic hydroxyl groups excluding tert-OH is 1. The molecule has 2 aromatic heterocycles. The van der Waals surface area contributed by atoms with Gasteiger partial charge in [-0.1, -0.05) is 11.6 Å². The second-order valence-electron chi connectivity index (χ2n) is 10.1. The highest BCUT2D eigenvalue weighted by atomic mass is 35.5. The van der Waals surface area contributed by atoms with Crippen LogP contribution in [0.4, 0.5) is 15.1 Å². The maximum atomic E-state index is 15.6. The molecule has 3 aromatic rings. The van der Waals surface area contributed by atoms with Crippen LogP contribution in [0.15, 0.2) is 12.3 Å². The molecule has 2 bridgehead atoms. The molecule has 1 amide bonds. The van der Waals surface area contributed by atoms with Gasteiger partial charge in [0.15, 0.2) is 17.9 Å². The molecule has 12 nitrogen and oxygen atoms in total. The third-order valence-corrected chi connectivity index (χ3v) is 8.07. The molecule has 0 spiro atoms. The lowest BCUT2D eigenvalue weighted by Crippen LogP contribution is -2.48. The maximum absolute atomic E-state index is 15.6. The molecule has 39 heavy (non-hydrogen) atoms. The predicted octanol–water partition coefficient (Wildman–Crippen LogP) is 2.52. The highest BCUT2D eigenvalue weighted by Gasteiger charge is 2.43. The molecule has 0 saturated carbocycles. The van der Waals surface area contributed by atoms with Crippen molar-refractivity contribution >= 4 is 34.7 Å². The first-order valence-corrected chi connectivity index (χ1v) is 13.2. The summed E-state index contributed by atoms with van der Waals surface area (Å²) in [5.41, 5.74) is 1.39. The second-order valence-corrected chi connectivity index (χ2v) is 10.5. The Labute approximate surface area is 227 Å². The van der Waals surface area contributed by atoms with Crippen molar-refractivity contribution in [3.05, 3.63) is 28.9 Å². The van der Waals surface area contributed by atoms with E-state index in [-0.39, 0.29) is 40.6 Å². The van der Waals surface area contributed by atoms with E-state index in [1.807, 2.05) is 4.57 Å². The molecular weight excluding hydrogens is 535 g/mol. The maximum Gasteiger partial charge on any atom is 0.409 e. The molecular formula is C25H26ClFN6O6. The Balaban J connectivity index is 1.26. The minimum Gasteiger partial charge on any atom is -0.489 e. The molecule has 4 aliphatic heterocycles. The van der Waals surface area contributed by atoms with Crippen LogP contribution in [0.3, 0.4) is 0 Å². The number of benzene rings is 1. The molecule has 6 heterocycles. The van der Waals surface area contributed by atoms with Gasteiger partial charge in [0.2, 0.25) is 5.95 Å². The van der Waals surface area contributed by atoms with Gasteiger partial charge in [-0.15, -0.1) is 0 Å². The monoisotopic (exact) mass is 560 g/mol. The number of aliphatic hydroxyl groups is 1. The summed E-state index contributed by atoms with van der Waals surface area (Å²) in [7, 11) is 1.35. The van der Waals surface area contributed by atoms with Gasteiger partial charge in [0, 0.05) is 24.6 Å². The van der Waals surface area contributed by atoms with Gasteiger partial charge in [-0.05, 0) is 18.9 Å². The Bertz CT molecular complexity index is 1470. The number of imidazole rings is 1. The zero-order valence-corrected chi connectivity index (χ0v) is 21.7. The van der Waals surface area contributed by atoms with Crippen molar-refractivity contribution in [2.45, 2.75) is 49.8 Å². The first-order chi connectivity index (χ1) is 18.9. The van der Waals surface area contributed by atoms with E-state index in [9.17, 15) is 9.90 Å². The smallest absolute Gasteiger partial charge is 0.409 e. The summed E-state index contributed by atoms with van der Waals surface area (Å²) in [4.78, 5) is 27.2. The number of fused-ring (bicyclic) bond motifs is 2. The van der Waals surface area contributed by atoms with Crippen LogP contribution in [0.25, 0.3) is 22.3 Å². The summed E-state index contributed by atoms with van der Waals surface area (Å²) < 4.78 is 39.5. The third kappa shape index (κ3) is 4.06. The van der Waals surface area contributed by atoms with Gasteiger partial charge in [0.1, 0.15) is 29.6 Å². The Morgan fingerprint density at radius 1 is 1.33 bits per heavy atom. The van der Waals surface area contributed by atoms with Crippen LogP contribution in [-0.4, -0.2) is 93.6 Å². The predicted molar refractivity (Wildman–Crippen MR) is 135 cm³/mol. The topological polar surface area (TPSA) is 133 Å². The molecule has 0 radical (unpaired) electrons. The van der Waals surface area contributed by atoms with Gasteiger partial charge in [0.25, 0.3) is 0 Å². The van der Waals surface area contributed by atoms with Crippen molar-refractivity contribution in [1.29, 1.82) is 0 Å². The quantitative estimate of drug-likeness (QED) is 0.490. The van der Waals surface area contributed by atoms with Crippen LogP contribution < -0.4 is 10.1 Å². The molecule has 5 atom stereocenters. The number of aromatic nitrogens is 4. The summed E-state index contributed by atoms with van der Waals surface area (Å²) in [5, 5.41) is 14.0. The normalized spacial score (nSPS) is 27.6. The van der Waals surface area contributed by atoms with Crippen molar-refractivity contribution in [2.75, 3.05) is 38.7 Å². The fourth-order valence-corrected chi connectivity index (χ4v) is 6.13. The number of likely N-dealkylation sites (tertiary alicyclic amines) is 1. The molecule has 206 valence electrons. The number of halogens is 2. The van der Waals surface area contributed by atoms with E-state index in [0.717, 1.165) is 0 Å². The van der Waals surface area contributed by atoms with Gasteiger partial charge < -0.3 is 38.8 Å². The van der Waals surface area contributed by atoms with Gasteiger partial charge in [-0.25, -0.2) is 24.1 Å². The number of carbonyl (C=O) groups is 1. The molecule has 7 rings (SSSR count). The Kier molecular flexibility index (Phi) is 5.99. The molecule has 14 heteroatoms. The lowest BCUT2D eigenvalue weighted by atomic mass is 10.0. The first-order valence-electron chi connectivity index (χ1n) is 12.8. The van der Waals surface area contributed by atoms with E-state index in [4.69, 9.17) is 30.5 Å². The summed E-state index contributed by atoms with van der Waals surface area (Å²) >= 11 is 6.53. The number of hydrogen-bond acceptors (Lipinski definition) is 10. The fourth-order valence-electron chi connectivity index (χ4n) is 5.94. The Morgan fingerprint density at radius 3 is 3.05 bits per heavy atom. The van der Waals surface area contributed by atoms with Crippen molar-refractivity contribution < 1.29 is 33.2 Å². The third-order valence-electron chi connectivity index (χ3n) is 7.80.